The largest absolute Gasteiger partial charge is 0.449 e. The summed E-state index contributed by atoms with van der Waals surface area (Å²) in [5, 5.41) is 8.78. The van der Waals surface area contributed by atoms with Crippen LogP contribution < -0.4 is 16.0 Å². The molecule has 2 amide bonds. The predicted octanol–water partition coefficient (Wildman–Crippen LogP) is 4.17. The second kappa shape index (κ2) is 13.4. The molecule has 1 aliphatic heterocycles. The number of alkyl carbamates (subject to hydrolysis) is 1. The summed E-state index contributed by atoms with van der Waals surface area (Å²) in [4.78, 5) is 40.2. The van der Waals surface area contributed by atoms with Gasteiger partial charge in [-0.25, -0.2) is 9.78 Å². The minimum absolute atomic E-state index is 0.0440. The van der Waals surface area contributed by atoms with Crippen LogP contribution in [-0.4, -0.2) is 49.0 Å². The van der Waals surface area contributed by atoms with Crippen molar-refractivity contribution in [2.24, 2.45) is 11.3 Å². The molecular formula is C27H42N4O4. The van der Waals surface area contributed by atoms with Gasteiger partial charge in [-0.05, 0) is 87.2 Å². The molecule has 3 rings (SSSR count). The van der Waals surface area contributed by atoms with E-state index < -0.39 is 12.1 Å². The highest BCUT2D eigenvalue weighted by Crippen LogP contribution is 2.37. The molecule has 1 aliphatic carbocycles. The first kappa shape index (κ1) is 27.0. The van der Waals surface area contributed by atoms with Gasteiger partial charge in [-0.1, -0.05) is 19.9 Å². The molecule has 2 heterocycles. The Hall–Kier alpha value is -2.64. The lowest BCUT2D eigenvalue weighted by atomic mass is 9.73. The number of aromatic nitrogens is 1. The fourth-order valence-corrected chi connectivity index (χ4v) is 4.74. The third kappa shape index (κ3) is 9.49. The Labute approximate surface area is 209 Å². The van der Waals surface area contributed by atoms with Crippen LogP contribution in [-0.2, 0) is 27.2 Å². The summed E-state index contributed by atoms with van der Waals surface area (Å²) in [5.41, 5.74) is 2.71. The maximum Gasteiger partial charge on any atom is 0.407 e. The minimum atomic E-state index is -0.670. The number of hydrogen-bond acceptors (Lipinski definition) is 6. The number of nitrogens with one attached hydrogen (secondary N) is 3. The lowest BCUT2D eigenvalue weighted by molar-refractivity contribution is -0.121. The molecule has 1 aromatic heterocycles. The summed E-state index contributed by atoms with van der Waals surface area (Å²) >= 11 is 0. The van der Waals surface area contributed by atoms with Crippen molar-refractivity contribution in [3.05, 3.63) is 23.4 Å². The number of aryl methyl sites for hydroxylation is 2. The first-order valence-electron chi connectivity index (χ1n) is 13.2. The zero-order valence-corrected chi connectivity index (χ0v) is 21.4. The smallest absolute Gasteiger partial charge is 0.407 e. The van der Waals surface area contributed by atoms with Crippen LogP contribution in [0.15, 0.2) is 12.1 Å². The lowest BCUT2D eigenvalue weighted by Gasteiger charge is -2.33. The molecule has 194 valence electrons. The number of carbonyl (C=O) groups is 3. The number of ether oxygens (including phenoxy) is 1. The van der Waals surface area contributed by atoms with Crippen LogP contribution in [0.1, 0.15) is 82.9 Å². The fourth-order valence-electron chi connectivity index (χ4n) is 4.74. The molecule has 0 spiro atoms. The van der Waals surface area contributed by atoms with Gasteiger partial charge in [-0.2, -0.15) is 0 Å². The molecule has 2 aliphatic rings. The van der Waals surface area contributed by atoms with E-state index in [2.05, 4.69) is 46.9 Å². The van der Waals surface area contributed by atoms with Crippen LogP contribution in [0.25, 0.3) is 0 Å². The van der Waals surface area contributed by atoms with Crippen LogP contribution in [0.2, 0.25) is 0 Å². The van der Waals surface area contributed by atoms with Gasteiger partial charge in [0.1, 0.15) is 12.1 Å². The van der Waals surface area contributed by atoms with Crippen LogP contribution in [0.4, 0.5) is 10.6 Å². The van der Waals surface area contributed by atoms with Gasteiger partial charge in [0.15, 0.2) is 0 Å². The van der Waals surface area contributed by atoms with Gasteiger partial charge >= 0.3 is 6.09 Å². The number of anilines is 1. The molecule has 1 saturated carbocycles. The molecule has 1 fully saturated rings. The lowest BCUT2D eigenvalue weighted by Crippen LogP contribution is -2.40. The summed E-state index contributed by atoms with van der Waals surface area (Å²) in [7, 11) is 0. The highest BCUT2D eigenvalue weighted by molar-refractivity contribution is 5.76. The van der Waals surface area contributed by atoms with E-state index in [-0.39, 0.29) is 5.91 Å². The number of amides is 2. The van der Waals surface area contributed by atoms with Crippen molar-refractivity contribution in [2.45, 2.75) is 90.5 Å². The summed E-state index contributed by atoms with van der Waals surface area (Å²) in [5.74, 6) is 1.35. The van der Waals surface area contributed by atoms with Crippen LogP contribution in [0, 0.1) is 11.3 Å². The maximum atomic E-state index is 12.1. The molecule has 35 heavy (non-hydrogen) atoms. The normalized spacial score (nSPS) is 18.0. The van der Waals surface area contributed by atoms with Crippen LogP contribution in [0.3, 0.4) is 0 Å². The molecule has 0 saturated heterocycles. The Kier molecular flexibility index (Phi) is 10.4. The zero-order valence-electron chi connectivity index (χ0n) is 21.4. The van der Waals surface area contributed by atoms with Crippen molar-refractivity contribution < 1.29 is 19.1 Å². The summed E-state index contributed by atoms with van der Waals surface area (Å²) in [6, 6.07) is 3.57. The number of pyridine rings is 1. The Balaban J connectivity index is 1.23. The highest BCUT2D eigenvalue weighted by Gasteiger charge is 2.27. The SMILES string of the molecule is CC1(C)CCC(COC(=O)NC(C=O)CCNC(=O)CCCCc2ccc3c(n2)NCCC3)CC1. The van der Waals surface area contributed by atoms with Crippen molar-refractivity contribution in [2.75, 3.05) is 25.0 Å². The van der Waals surface area contributed by atoms with E-state index in [4.69, 9.17) is 4.74 Å². The number of carbonyl (C=O) groups excluding carboxylic acids is 3. The van der Waals surface area contributed by atoms with Gasteiger partial charge in [0, 0.05) is 25.2 Å². The van der Waals surface area contributed by atoms with E-state index in [1.54, 1.807) is 0 Å². The van der Waals surface area contributed by atoms with Crippen LogP contribution in [0.5, 0.6) is 0 Å². The number of rotatable bonds is 12. The van der Waals surface area contributed by atoms with Gasteiger partial charge in [0.05, 0.1) is 12.6 Å². The van der Waals surface area contributed by atoms with Crippen molar-refractivity contribution in [3.8, 4) is 0 Å². The second-order valence-corrected chi connectivity index (χ2v) is 10.8. The topological polar surface area (TPSA) is 109 Å². The number of hydrogen-bond donors (Lipinski definition) is 3. The van der Waals surface area contributed by atoms with Crippen molar-refractivity contribution in [3.63, 3.8) is 0 Å². The molecule has 1 unspecified atom stereocenters. The molecule has 1 atom stereocenters. The predicted molar refractivity (Wildman–Crippen MR) is 136 cm³/mol. The minimum Gasteiger partial charge on any atom is -0.449 e. The average Bonchev–Trinajstić information content (AvgIpc) is 2.85. The van der Waals surface area contributed by atoms with E-state index in [0.717, 1.165) is 75.8 Å². The summed E-state index contributed by atoms with van der Waals surface area (Å²) in [6.07, 6.45) is 10.0. The Bertz CT molecular complexity index is 848. The molecule has 1 aromatic rings. The Morgan fingerprint density at radius 1 is 1.26 bits per heavy atom. The third-order valence-electron chi connectivity index (χ3n) is 7.19. The zero-order chi connectivity index (χ0) is 25.1. The number of fused-ring (bicyclic) bond motifs is 1. The van der Waals surface area contributed by atoms with E-state index in [0.29, 0.717) is 43.6 Å². The highest BCUT2D eigenvalue weighted by atomic mass is 16.5. The van der Waals surface area contributed by atoms with Gasteiger partial charge < -0.3 is 25.5 Å². The van der Waals surface area contributed by atoms with Gasteiger partial charge in [0.25, 0.3) is 0 Å². The van der Waals surface area contributed by atoms with Crippen molar-refractivity contribution >= 4 is 24.1 Å². The average molecular weight is 487 g/mol. The Morgan fingerprint density at radius 3 is 2.83 bits per heavy atom. The van der Waals surface area contributed by atoms with E-state index >= 15 is 0 Å². The van der Waals surface area contributed by atoms with E-state index in [1.807, 2.05) is 0 Å². The first-order chi connectivity index (χ1) is 16.8. The van der Waals surface area contributed by atoms with Crippen LogP contribution >= 0.6 is 0 Å². The van der Waals surface area contributed by atoms with Crippen molar-refractivity contribution in [1.29, 1.82) is 0 Å². The van der Waals surface area contributed by atoms with Gasteiger partial charge in [0.2, 0.25) is 5.91 Å². The standard InChI is InChI=1S/C27H42N4O4/c1-27(2)14-11-20(12-15-27)19-35-26(34)31-23(18-32)13-17-28-24(33)8-4-3-7-22-10-9-21-6-5-16-29-25(21)30-22/h9-10,18,20,23H,3-8,11-17,19H2,1-2H3,(H,28,33)(H,29,30)(H,31,34). The third-order valence-corrected chi connectivity index (χ3v) is 7.19. The first-order valence-corrected chi connectivity index (χ1v) is 13.2. The number of aldehydes is 1. The molecule has 8 nitrogen and oxygen atoms in total. The maximum absolute atomic E-state index is 12.1. The molecule has 0 bridgehead atoms. The molecule has 0 aromatic carbocycles. The number of unbranched alkanes of at least 4 members (excludes halogenated alkanes) is 1. The molecular weight excluding hydrogens is 444 g/mol. The van der Waals surface area contributed by atoms with Gasteiger partial charge in [-0.3, -0.25) is 4.79 Å². The Morgan fingerprint density at radius 2 is 2.06 bits per heavy atom. The quantitative estimate of drug-likeness (QED) is 0.302. The van der Waals surface area contributed by atoms with E-state index in [1.165, 1.54) is 5.56 Å². The monoisotopic (exact) mass is 486 g/mol. The molecule has 3 N–H and O–H groups in total. The number of nitrogens with zero attached hydrogens (tertiary/aromatic N) is 1. The summed E-state index contributed by atoms with van der Waals surface area (Å²) < 4.78 is 5.34. The van der Waals surface area contributed by atoms with Crippen molar-refractivity contribution in [1.82, 2.24) is 15.6 Å². The van der Waals surface area contributed by atoms with E-state index in [9.17, 15) is 14.4 Å². The fraction of sp³-hybridized carbons (Fsp3) is 0.704. The molecule has 0 radical (unpaired) electrons. The van der Waals surface area contributed by atoms with Gasteiger partial charge in [-0.15, -0.1) is 0 Å². The summed E-state index contributed by atoms with van der Waals surface area (Å²) in [6.45, 7) is 6.25. The molecule has 8 heteroatoms. The second-order valence-electron chi connectivity index (χ2n) is 10.8.